The number of aromatic nitrogens is 2. The minimum absolute atomic E-state index is 0.179. The largest absolute Gasteiger partial charge is 0.444 e. The first-order valence-corrected chi connectivity index (χ1v) is 8.94. The molecule has 0 aromatic carbocycles. The normalized spacial score (nSPS) is 26.6. The van der Waals surface area contributed by atoms with Crippen molar-refractivity contribution in [2.75, 3.05) is 31.1 Å². The monoisotopic (exact) mass is 330 g/mol. The number of rotatable bonds is 2. The second-order valence-corrected chi connectivity index (χ2v) is 8.39. The zero-order chi connectivity index (χ0) is 16.9. The molecule has 3 fully saturated rings. The van der Waals surface area contributed by atoms with Gasteiger partial charge < -0.3 is 14.5 Å². The third-order valence-corrected chi connectivity index (χ3v) is 5.13. The van der Waals surface area contributed by atoms with Crippen LogP contribution < -0.4 is 4.90 Å². The van der Waals surface area contributed by atoms with E-state index in [4.69, 9.17) is 4.74 Å². The summed E-state index contributed by atoms with van der Waals surface area (Å²) < 4.78 is 5.50. The van der Waals surface area contributed by atoms with Gasteiger partial charge in [-0.25, -0.2) is 14.8 Å². The Kier molecular flexibility index (Phi) is 3.66. The maximum atomic E-state index is 12.2. The van der Waals surface area contributed by atoms with Crippen LogP contribution >= 0.6 is 0 Å². The van der Waals surface area contributed by atoms with Gasteiger partial charge in [0, 0.05) is 55.7 Å². The molecule has 24 heavy (non-hydrogen) atoms. The number of hydrogen-bond acceptors (Lipinski definition) is 5. The number of anilines is 1. The minimum Gasteiger partial charge on any atom is -0.444 e. The standard InChI is InChI=1S/C18H26N4O2/c1-18(2,3)24-17(23)22-9-13-7-21(8-14(13)10-22)16-6-15(12-4-5-12)19-11-20-16/h6,11-14H,4-5,7-10H2,1-3H3. The van der Waals surface area contributed by atoms with Crippen molar-refractivity contribution in [3.63, 3.8) is 0 Å². The SMILES string of the molecule is CC(C)(C)OC(=O)N1CC2CN(c3cc(C4CC4)ncn3)CC2C1. The van der Waals surface area contributed by atoms with Crippen molar-refractivity contribution in [2.24, 2.45) is 11.8 Å². The molecular weight excluding hydrogens is 304 g/mol. The van der Waals surface area contributed by atoms with Crippen LogP contribution in [0, 0.1) is 11.8 Å². The van der Waals surface area contributed by atoms with Crippen LogP contribution in [-0.4, -0.2) is 52.7 Å². The molecule has 0 bridgehead atoms. The van der Waals surface area contributed by atoms with Gasteiger partial charge in [-0.05, 0) is 33.6 Å². The fraction of sp³-hybridized carbons (Fsp3) is 0.722. The Morgan fingerprint density at radius 3 is 2.38 bits per heavy atom. The molecule has 6 heteroatoms. The number of likely N-dealkylation sites (tertiary alicyclic amines) is 1. The highest BCUT2D eigenvalue weighted by atomic mass is 16.6. The number of ether oxygens (including phenoxy) is 1. The average molecular weight is 330 g/mol. The van der Waals surface area contributed by atoms with Crippen molar-refractivity contribution in [2.45, 2.75) is 45.1 Å². The van der Waals surface area contributed by atoms with Crippen LogP contribution in [0.25, 0.3) is 0 Å². The van der Waals surface area contributed by atoms with Gasteiger partial charge >= 0.3 is 6.09 Å². The minimum atomic E-state index is -0.430. The Balaban J connectivity index is 1.37. The second-order valence-electron chi connectivity index (χ2n) is 8.39. The van der Waals surface area contributed by atoms with Gasteiger partial charge in [-0.3, -0.25) is 0 Å². The molecule has 2 saturated heterocycles. The molecule has 2 unspecified atom stereocenters. The molecule has 2 atom stereocenters. The molecule has 0 N–H and O–H groups in total. The van der Waals surface area contributed by atoms with Crippen LogP contribution in [0.4, 0.5) is 10.6 Å². The molecule has 1 aromatic heterocycles. The van der Waals surface area contributed by atoms with Crippen molar-refractivity contribution < 1.29 is 9.53 Å². The second kappa shape index (κ2) is 5.60. The Morgan fingerprint density at radius 2 is 1.79 bits per heavy atom. The van der Waals surface area contributed by atoms with Gasteiger partial charge in [-0.15, -0.1) is 0 Å². The molecule has 0 spiro atoms. The van der Waals surface area contributed by atoms with E-state index in [1.54, 1.807) is 6.33 Å². The summed E-state index contributed by atoms with van der Waals surface area (Å²) in [7, 11) is 0. The van der Waals surface area contributed by atoms with Gasteiger partial charge in [-0.1, -0.05) is 0 Å². The first-order valence-electron chi connectivity index (χ1n) is 8.94. The summed E-state index contributed by atoms with van der Waals surface area (Å²) >= 11 is 0. The topological polar surface area (TPSA) is 58.6 Å². The Bertz CT molecular complexity index is 624. The Hall–Kier alpha value is -1.85. The van der Waals surface area contributed by atoms with E-state index in [9.17, 15) is 4.79 Å². The third kappa shape index (κ3) is 3.19. The Morgan fingerprint density at radius 1 is 1.12 bits per heavy atom. The van der Waals surface area contributed by atoms with E-state index in [2.05, 4.69) is 20.9 Å². The molecule has 0 radical (unpaired) electrons. The van der Waals surface area contributed by atoms with Gasteiger partial charge in [0.15, 0.2) is 0 Å². The number of fused-ring (bicyclic) bond motifs is 1. The summed E-state index contributed by atoms with van der Waals surface area (Å²) in [6.45, 7) is 9.24. The van der Waals surface area contributed by atoms with Crippen LogP contribution in [0.15, 0.2) is 12.4 Å². The van der Waals surface area contributed by atoms with E-state index in [1.807, 2.05) is 25.7 Å². The molecular formula is C18H26N4O2. The summed E-state index contributed by atoms with van der Waals surface area (Å²) in [4.78, 5) is 25.3. The van der Waals surface area contributed by atoms with Crippen LogP contribution in [0.3, 0.4) is 0 Å². The van der Waals surface area contributed by atoms with Crippen molar-refractivity contribution in [1.29, 1.82) is 0 Å². The highest BCUT2D eigenvalue weighted by Gasteiger charge is 2.43. The highest BCUT2D eigenvalue weighted by Crippen LogP contribution is 2.40. The summed E-state index contributed by atoms with van der Waals surface area (Å²) in [5.41, 5.74) is 0.758. The summed E-state index contributed by atoms with van der Waals surface area (Å²) in [6.07, 6.45) is 4.03. The number of hydrogen-bond donors (Lipinski definition) is 0. The van der Waals surface area contributed by atoms with E-state index in [0.717, 1.165) is 32.0 Å². The molecule has 2 aliphatic heterocycles. The molecule has 1 aromatic rings. The van der Waals surface area contributed by atoms with Gasteiger partial charge in [0.2, 0.25) is 0 Å². The fourth-order valence-corrected chi connectivity index (χ4v) is 3.79. The quantitative estimate of drug-likeness (QED) is 0.834. The number of carbonyl (C=O) groups is 1. The first kappa shape index (κ1) is 15.7. The smallest absolute Gasteiger partial charge is 0.410 e. The zero-order valence-electron chi connectivity index (χ0n) is 14.7. The maximum Gasteiger partial charge on any atom is 0.410 e. The summed E-state index contributed by atoms with van der Waals surface area (Å²) in [5.74, 6) is 2.72. The van der Waals surface area contributed by atoms with Crippen LogP contribution in [0.2, 0.25) is 0 Å². The van der Waals surface area contributed by atoms with E-state index >= 15 is 0 Å². The molecule has 3 aliphatic rings. The average Bonchev–Trinajstić information content (AvgIpc) is 3.15. The molecule has 1 aliphatic carbocycles. The number of amides is 1. The van der Waals surface area contributed by atoms with E-state index in [1.165, 1.54) is 18.5 Å². The van der Waals surface area contributed by atoms with Gasteiger partial charge in [0.1, 0.15) is 17.7 Å². The van der Waals surface area contributed by atoms with Gasteiger partial charge in [-0.2, -0.15) is 0 Å². The summed E-state index contributed by atoms with van der Waals surface area (Å²) in [5, 5.41) is 0. The van der Waals surface area contributed by atoms with Crippen molar-refractivity contribution in [3.8, 4) is 0 Å². The predicted octanol–water partition coefficient (Wildman–Crippen LogP) is 2.66. The Labute approximate surface area is 143 Å². The lowest BCUT2D eigenvalue weighted by Gasteiger charge is -2.26. The molecule has 130 valence electrons. The highest BCUT2D eigenvalue weighted by molar-refractivity contribution is 5.68. The lowest BCUT2D eigenvalue weighted by molar-refractivity contribution is 0.0282. The van der Waals surface area contributed by atoms with E-state index in [-0.39, 0.29) is 6.09 Å². The molecule has 1 saturated carbocycles. The molecule has 1 amide bonds. The van der Waals surface area contributed by atoms with Crippen molar-refractivity contribution in [1.82, 2.24) is 14.9 Å². The predicted molar refractivity (Wildman–Crippen MR) is 91.0 cm³/mol. The number of carbonyl (C=O) groups excluding carboxylic acids is 1. The third-order valence-electron chi connectivity index (χ3n) is 5.13. The molecule has 3 heterocycles. The van der Waals surface area contributed by atoms with Crippen LogP contribution in [0.1, 0.15) is 45.2 Å². The van der Waals surface area contributed by atoms with Crippen molar-refractivity contribution >= 4 is 11.9 Å². The first-order chi connectivity index (χ1) is 11.4. The van der Waals surface area contributed by atoms with Crippen molar-refractivity contribution in [3.05, 3.63) is 18.1 Å². The lowest BCUT2D eigenvalue weighted by atomic mass is 10.0. The lowest BCUT2D eigenvalue weighted by Crippen LogP contribution is -2.37. The van der Waals surface area contributed by atoms with E-state index in [0.29, 0.717) is 17.8 Å². The molecule has 4 rings (SSSR count). The van der Waals surface area contributed by atoms with Gasteiger partial charge in [0.05, 0.1) is 0 Å². The summed E-state index contributed by atoms with van der Waals surface area (Å²) in [6, 6.07) is 2.16. The molecule has 6 nitrogen and oxygen atoms in total. The fourth-order valence-electron chi connectivity index (χ4n) is 3.79. The number of nitrogens with zero attached hydrogens (tertiary/aromatic N) is 4. The van der Waals surface area contributed by atoms with E-state index < -0.39 is 5.60 Å². The van der Waals surface area contributed by atoms with Crippen LogP contribution in [0.5, 0.6) is 0 Å². The van der Waals surface area contributed by atoms with Crippen LogP contribution in [-0.2, 0) is 4.74 Å². The van der Waals surface area contributed by atoms with Gasteiger partial charge in [0.25, 0.3) is 0 Å². The maximum absolute atomic E-state index is 12.2. The zero-order valence-corrected chi connectivity index (χ0v) is 14.7.